The molecule has 12 aromatic carbocycles. The monoisotopic (exact) mass is 1220 g/mol. The molecule has 0 aromatic heterocycles. The summed E-state index contributed by atoms with van der Waals surface area (Å²) < 4.78 is 43.2. The lowest BCUT2D eigenvalue weighted by Crippen LogP contribution is -2.10. The summed E-state index contributed by atoms with van der Waals surface area (Å²) in [5.41, 5.74) is 16.9. The fourth-order valence-corrected chi connectivity index (χ4v) is 10.9. The van der Waals surface area contributed by atoms with Gasteiger partial charge in [0.25, 0.3) is 0 Å². The third-order valence-corrected chi connectivity index (χ3v) is 15.8. The molecule has 0 saturated heterocycles. The molecule has 0 amide bonds. The average molecular weight is 1220 g/mol. The molecule has 0 fully saturated rings. The molecule has 0 spiro atoms. The van der Waals surface area contributed by atoms with E-state index in [1.165, 1.54) is 0 Å². The van der Waals surface area contributed by atoms with Gasteiger partial charge < -0.3 is 57.5 Å². The third-order valence-electron chi connectivity index (χ3n) is 15.8. The molecule has 0 saturated carbocycles. The number of benzene rings is 12. The van der Waals surface area contributed by atoms with Crippen molar-refractivity contribution in [2.45, 2.75) is 0 Å². The van der Waals surface area contributed by atoms with E-state index < -0.39 is 0 Å². The number of anilines is 12. The summed E-state index contributed by atoms with van der Waals surface area (Å²) in [6, 6.07) is 99.1. The molecule has 12 aromatic rings. The lowest BCUT2D eigenvalue weighted by molar-refractivity contribution is 0.414. The first kappa shape index (κ1) is 61.9. The summed E-state index contributed by atoms with van der Waals surface area (Å²) in [6.45, 7) is 0. The Morgan fingerprint density at radius 1 is 0.130 bits per heavy atom. The SMILES string of the molecule is COc1ccc(N(c2ccc(OC)cc2)c2ccc(-c3ccc(N(c4ccc(OC)cc4)c4ccc(OC)cc4)cc3)cc2)cc1.COc1ccc(N(c2ccc(OC)cc2)c2ccc(-c3ccc(N(c4ccc(OC)cc4)c4ccc(OC)cc4)cc3)cc2)cc1. The maximum absolute atomic E-state index is 5.40. The maximum Gasteiger partial charge on any atom is 0.119 e. The van der Waals surface area contributed by atoms with Crippen molar-refractivity contribution in [2.24, 2.45) is 0 Å². The van der Waals surface area contributed by atoms with E-state index in [0.717, 1.165) is 136 Å². The Morgan fingerprint density at radius 2 is 0.217 bits per heavy atom. The summed E-state index contributed by atoms with van der Waals surface area (Å²) in [6.07, 6.45) is 0. The predicted molar refractivity (Wildman–Crippen MR) is 375 cm³/mol. The Hall–Kier alpha value is -11.8. The van der Waals surface area contributed by atoms with E-state index >= 15 is 0 Å². The van der Waals surface area contributed by atoms with E-state index in [0.29, 0.717) is 0 Å². The minimum absolute atomic E-state index is 0.815. The van der Waals surface area contributed by atoms with E-state index in [1.807, 2.05) is 97.1 Å². The van der Waals surface area contributed by atoms with E-state index in [9.17, 15) is 0 Å². The van der Waals surface area contributed by atoms with Crippen LogP contribution >= 0.6 is 0 Å². The molecule has 0 aliphatic rings. The number of hydrogen-bond donors (Lipinski definition) is 0. The standard InChI is InChI=1S/2C40H36N2O4/c2*1-43-37-21-13-33(14-22-37)41(34-15-23-38(44-2)24-16-34)31-9-5-29(6-10-31)30-7-11-32(12-8-30)42(35-17-25-39(45-3)26-18-35)36-19-27-40(46-4)28-20-36/h2*5-28H,1-4H3. The largest absolute Gasteiger partial charge is 0.497 e. The fourth-order valence-electron chi connectivity index (χ4n) is 10.9. The number of methoxy groups -OCH3 is 8. The van der Waals surface area contributed by atoms with Crippen LogP contribution in [0, 0.1) is 0 Å². The van der Waals surface area contributed by atoms with Crippen molar-refractivity contribution >= 4 is 68.2 Å². The number of rotatable bonds is 22. The highest BCUT2D eigenvalue weighted by molar-refractivity contribution is 5.84. The minimum atomic E-state index is 0.815. The summed E-state index contributed by atoms with van der Waals surface area (Å²) in [5, 5.41) is 0. The van der Waals surface area contributed by atoms with Crippen LogP contribution in [-0.2, 0) is 0 Å². The van der Waals surface area contributed by atoms with Crippen LogP contribution in [0.1, 0.15) is 0 Å². The topological polar surface area (TPSA) is 86.8 Å². The van der Waals surface area contributed by atoms with E-state index in [4.69, 9.17) is 37.9 Å². The van der Waals surface area contributed by atoms with Crippen LogP contribution in [0.3, 0.4) is 0 Å². The summed E-state index contributed by atoms with van der Waals surface area (Å²) in [4.78, 5) is 8.86. The quantitative estimate of drug-likeness (QED) is 0.0648. The molecule has 460 valence electrons. The number of nitrogens with zero attached hydrogens (tertiary/aromatic N) is 4. The Balaban J connectivity index is 0.000000188. The van der Waals surface area contributed by atoms with Crippen molar-refractivity contribution in [3.63, 3.8) is 0 Å². The normalized spacial score (nSPS) is 10.6. The Morgan fingerprint density at radius 3 is 0.304 bits per heavy atom. The first-order chi connectivity index (χ1) is 45.2. The second kappa shape index (κ2) is 29.5. The van der Waals surface area contributed by atoms with Crippen LogP contribution < -0.4 is 57.5 Å². The molecule has 0 unspecified atom stereocenters. The molecule has 0 aliphatic carbocycles. The lowest BCUT2D eigenvalue weighted by Gasteiger charge is -2.26. The van der Waals surface area contributed by atoms with Gasteiger partial charge in [-0.3, -0.25) is 0 Å². The van der Waals surface area contributed by atoms with Crippen LogP contribution in [0.5, 0.6) is 46.0 Å². The van der Waals surface area contributed by atoms with Crippen LogP contribution in [0.15, 0.2) is 291 Å². The molecule has 12 heteroatoms. The van der Waals surface area contributed by atoms with Crippen LogP contribution in [0.2, 0.25) is 0 Å². The first-order valence-electron chi connectivity index (χ1n) is 29.9. The third kappa shape index (κ3) is 14.4. The smallest absolute Gasteiger partial charge is 0.119 e. The first-order valence-corrected chi connectivity index (χ1v) is 29.9. The molecule has 0 heterocycles. The molecule has 0 radical (unpaired) electrons. The molecule has 0 bridgehead atoms. The van der Waals surface area contributed by atoms with Crippen LogP contribution in [0.4, 0.5) is 68.2 Å². The van der Waals surface area contributed by atoms with Crippen LogP contribution in [-0.4, -0.2) is 56.9 Å². The fraction of sp³-hybridized carbons (Fsp3) is 0.100. The van der Waals surface area contributed by atoms with Gasteiger partial charge in [-0.2, -0.15) is 0 Å². The average Bonchev–Trinajstić information content (AvgIpc) is 0.917. The predicted octanol–water partition coefficient (Wildman–Crippen LogP) is 20.7. The van der Waals surface area contributed by atoms with Gasteiger partial charge in [-0.25, -0.2) is 0 Å². The summed E-state index contributed by atoms with van der Waals surface area (Å²) in [5.74, 6) is 6.52. The Kier molecular flexibility index (Phi) is 19.8. The van der Waals surface area contributed by atoms with Gasteiger partial charge >= 0.3 is 0 Å². The van der Waals surface area contributed by atoms with Gasteiger partial charge in [-0.1, -0.05) is 48.5 Å². The maximum atomic E-state index is 5.40. The van der Waals surface area contributed by atoms with Gasteiger partial charge in [-0.05, 0) is 265 Å². The molecule has 12 nitrogen and oxygen atoms in total. The van der Waals surface area contributed by atoms with Crippen molar-refractivity contribution in [1.82, 2.24) is 0 Å². The van der Waals surface area contributed by atoms with Crippen molar-refractivity contribution < 1.29 is 37.9 Å². The van der Waals surface area contributed by atoms with E-state index in [1.54, 1.807) is 56.9 Å². The zero-order chi connectivity index (χ0) is 63.8. The Bertz CT molecular complexity index is 3480. The van der Waals surface area contributed by atoms with Gasteiger partial charge in [0.2, 0.25) is 0 Å². The molecule has 0 atom stereocenters. The zero-order valence-corrected chi connectivity index (χ0v) is 52.8. The van der Waals surface area contributed by atoms with Crippen molar-refractivity contribution in [3.8, 4) is 68.2 Å². The highest BCUT2D eigenvalue weighted by Crippen LogP contribution is 2.43. The molecule has 0 aliphatic heterocycles. The molecular weight excluding hydrogens is 1140 g/mol. The van der Waals surface area contributed by atoms with Crippen molar-refractivity contribution in [1.29, 1.82) is 0 Å². The Labute approximate surface area is 539 Å². The highest BCUT2D eigenvalue weighted by atomic mass is 16.5. The van der Waals surface area contributed by atoms with Crippen molar-refractivity contribution in [3.05, 3.63) is 291 Å². The molecule has 0 N–H and O–H groups in total. The van der Waals surface area contributed by atoms with Gasteiger partial charge in [0.15, 0.2) is 0 Å². The summed E-state index contributed by atoms with van der Waals surface area (Å²) in [7, 11) is 13.4. The zero-order valence-electron chi connectivity index (χ0n) is 52.8. The van der Waals surface area contributed by atoms with Gasteiger partial charge in [0.1, 0.15) is 46.0 Å². The number of ether oxygens (including phenoxy) is 8. The van der Waals surface area contributed by atoms with Crippen molar-refractivity contribution in [2.75, 3.05) is 76.5 Å². The highest BCUT2D eigenvalue weighted by Gasteiger charge is 2.19. The van der Waals surface area contributed by atoms with Gasteiger partial charge in [0.05, 0.1) is 56.9 Å². The van der Waals surface area contributed by atoms with Crippen LogP contribution in [0.25, 0.3) is 22.3 Å². The number of hydrogen-bond acceptors (Lipinski definition) is 12. The molecule has 12 rings (SSSR count). The lowest BCUT2D eigenvalue weighted by atomic mass is 10.0. The van der Waals surface area contributed by atoms with E-state index in [2.05, 4.69) is 214 Å². The molecule has 92 heavy (non-hydrogen) atoms. The van der Waals surface area contributed by atoms with Gasteiger partial charge in [0, 0.05) is 68.2 Å². The second-order valence-corrected chi connectivity index (χ2v) is 21.1. The second-order valence-electron chi connectivity index (χ2n) is 21.1. The van der Waals surface area contributed by atoms with Gasteiger partial charge in [-0.15, -0.1) is 0 Å². The molecular formula is C80H72N4O8. The summed E-state index contributed by atoms with van der Waals surface area (Å²) >= 11 is 0. The minimum Gasteiger partial charge on any atom is -0.497 e. The van der Waals surface area contributed by atoms with E-state index in [-0.39, 0.29) is 0 Å².